The van der Waals surface area contributed by atoms with Crippen molar-refractivity contribution < 1.29 is 13.2 Å². The lowest BCUT2D eigenvalue weighted by molar-refractivity contribution is 0.338. The van der Waals surface area contributed by atoms with Gasteiger partial charge in [-0.05, 0) is 12.2 Å². The molecule has 0 saturated heterocycles. The van der Waals surface area contributed by atoms with Crippen LogP contribution in [0.3, 0.4) is 0 Å². The normalized spacial score (nSPS) is 12.8. The summed E-state index contributed by atoms with van der Waals surface area (Å²) in [4.78, 5) is -0.247. The first-order valence-electron chi connectivity index (χ1n) is 3.61. The van der Waals surface area contributed by atoms with E-state index >= 15 is 0 Å². The highest BCUT2D eigenvalue weighted by molar-refractivity contribution is 7.95. The molecule has 13 heavy (non-hydrogen) atoms. The van der Waals surface area contributed by atoms with Crippen LogP contribution >= 0.6 is 0 Å². The molecule has 0 aromatic rings. The molecule has 0 N–H and O–H groups in total. The Kier molecular flexibility index (Phi) is 4.85. The van der Waals surface area contributed by atoms with Crippen molar-refractivity contribution >= 4 is 9.84 Å². The van der Waals surface area contributed by atoms with E-state index in [1.165, 1.54) is 32.4 Å². The predicted molar refractivity (Wildman–Crippen MR) is 49.3 cm³/mol. The van der Waals surface area contributed by atoms with E-state index in [2.05, 4.69) is 4.74 Å². The molecule has 0 bridgehead atoms. The minimum atomic E-state index is -3.40. The highest BCUT2D eigenvalue weighted by Gasteiger charge is 2.13. The predicted octanol–water partition coefficient (Wildman–Crippen LogP) is 0.989. The Labute approximate surface area is 78.0 Å². The van der Waals surface area contributed by atoms with Crippen LogP contribution in [0.25, 0.3) is 0 Å². The Morgan fingerprint density at radius 1 is 1.62 bits per heavy atom. The highest BCUT2D eigenvalue weighted by Crippen LogP contribution is 2.05. The first-order chi connectivity index (χ1) is 6.08. The van der Waals surface area contributed by atoms with Crippen LogP contribution in [0.15, 0.2) is 23.3 Å². The second kappa shape index (κ2) is 5.38. The minimum absolute atomic E-state index is 0.0762. The van der Waals surface area contributed by atoms with Crippen molar-refractivity contribution in [3.8, 4) is 6.07 Å². The van der Waals surface area contributed by atoms with Crippen LogP contribution in [0.1, 0.15) is 6.92 Å². The summed E-state index contributed by atoms with van der Waals surface area (Å²) in [6, 6.07) is 1.62. The topological polar surface area (TPSA) is 67.2 Å². The summed E-state index contributed by atoms with van der Waals surface area (Å²) in [6.07, 6.45) is 3.87. The third-order valence-corrected chi connectivity index (χ3v) is 2.95. The number of hydrogen-bond donors (Lipinski definition) is 0. The van der Waals surface area contributed by atoms with Crippen LogP contribution in [0, 0.1) is 11.3 Å². The van der Waals surface area contributed by atoms with E-state index < -0.39 is 9.84 Å². The number of rotatable bonds is 4. The van der Waals surface area contributed by atoms with Gasteiger partial charge in [0.15, 0.2) is 9.84 Å². The zero-order chi connectivity index (χ0) is 10.3. The lowest BCUT2D eigenvalue weighted by Crippen LogP contribution is -2.04. The Hall–Kier alpha value is -1.28. The van der Waals surface area contributed by atoms with Crippen molar-refractivity contribution in [3.05, 3.63) is 23.3 Å². The van der Waals surface area contributed by atoms with E-state index in [0.717, 1.165) is 0 Å². The molecule has 0 fully saturated rings. The lowest BCUT2D eigenvalue weighted by atomic mass is 10.5. The fourth-order valence-corrected chi connectivity index (χ4v) is 1.31. The van der Waals surface area contributed by atoms with Crippen LogP contribution < -0.4 is 0 Å². The first kappa shape index (κ1) is 11.7. The average Bonchev–Trinajstić information content (AvgIpc) is 2.12. The van der Waals surface area contributed by atoms with E-state index in [9.17, 15) is 8.42 Å². The number of sulfone groups is 1. The summed E-state index contributed by atoms with van der Waals surface area (Å²) in [7, 11) is -1.96. The molecule has 0 aromatic heterocycles. The summed E-state index contributed by atoms with van der Waals surface area (Å²) in [6.45, 7) is 1.49. The van der Waals surface area contributed by atoms with E-state index in [-0.39, 0.29) is 10.7 Å². The van der Waals surface area contributed by atoms with Crippen molar-refractivity contribution in [1.82, 2.24) is 0 Å². The van der Waals surface area contributed by atoms with Gasteiger partial charge in [-0.1, -0.05) is 6.92 Å². The van der Waals surface area contributed by atoms with Gasteiger partial charge < -0.3 is 4.74 Å². The molecular weight excluding hydrogens is 190 g/mol. The molecule has 0 heterocycles. The lowest BCUT2D eigenvalue weighted by Gasteiger charge is -1.95. The standard InChI is InChI=1S/C8H11NO3S/c1-3-13(10,11)8(7-9)5-4-6-12-2/h4-6H,3H2,1-2H3/b6-4+,8-5-. The molecule has 0 aromatic carbocycles. The average molecular weight is 201 g/mol. The number of nitrogens with zero attached hydrogens (tertiary/aromatic N) is 1. The molecule has 0 spiro atoms. The summed E-state index contributed by atoms with van der Waals surface area (Å²) in [5.74, 6) is -0.0762. The molecule has 0 unspecified atom stereocenters. The van der Waals surface area contributed by atoms with Crippen molar-refractivity contribution in [3.63, 3.8) is 0 Å². The fourth-order valence-electron chi connectivity index (χ4n) is 0.571. The molecular formula is C8H11NO3S. The smallest absolute Gasteiger partial charge is 0.188 e. The molecule has 0 rings (SSSR count). The van der Waals surface area contributed by atoms with E-state index in [1.54, 1.807) is 6.07 Å². The molecule has 0 amide bonds. The van der Waals surface area contributed by atoms with Gasteiger partial charge in [-0.25, -0.2) is 8.42 Å². The number of hydrogen-bond acceptors (Lipinski definition) is 4. The second-order valence-electron chi connectivity index (χ2n) is 2.11. The molecule has 5 heteroatoms. The minimum Gasteiger partial charge on any atom is -0.504 e. The molecule has 72 valence electrons. The summed E-state index contributed by atoms with van der Waals surface area (Å²) < 4.78 is 26.9. The van der Waals surface area contributed by atoms with Gasteiger partial charge >= 0.3 is 0 Å². The van der Waals surface area contributed by atoms with Crippen molar-refractivity contribution in [2.75, 3.05) is 12.9 Å². The molecule has 0 aliphatic rings. The van der Waals surface area contributed by atoms with Crippen LogP contribution in [-0.2, 0) is 14.6 Å². The van der Waals surface area contributed by atoms with Gasteiger partial charge in [0, 0.05) is 0 Å². The van der Waals surface area contributed by atoms with Gasteiger partial charge in [-0.15, -0.1) is 0 Å². The Balaban J connectivity index is 4.85. The second-order valence-corrected chi connectivity index (χ2v) is 4.36. The Morgan fingerprint density at radius 2 is 2.23 bits per heavy atom. The zero-order valence-electron chi connectivity index (χ0n) is 7.52. The maximum Gasteiger partial charge on any atom is 0.188 e. The van der Waals surface area contributed by atoms with Crippen LogP contribution in [-0.4, -0.2) is 21.3 Å². The summed E-state index contributed by atoms with van der Waals surface area (Å²) >= 11 is 0. The maximum absolute atomic E-state index is 11.2. The van der Waals surface area contributed by atoms with Gasteiger partial charge in [-0.3, -0.25) is 0 Å². The van der Waals surface area contributed by atoms with Gasteiger partial charge in [0.2, 0.25) is 0 Å². The van der Waals surface area contributed by atoms with Crippen molar-refractivity contribution in [2.24, 2.45) is 0 Å². The maximum atomic E-state index is 11.2. The number of allylic oxidation sites excluding steroid dienone is 3. The van der Waals surface area contributed by atoms with Gasteiger partial charge in [-0.2, -0.15) is 5.26 Å². The van der Waals surface area contributed by atoms with E-state index in [4.69, 9.17) is 5.26 Å². The number of nitriles is 1. The summed E-state index contributed by atoms with van der Waals surface area (Å²) in [5.41, 5.74) is 0. The molecule has 0 radical (unpaired) electrons. The molecule has 0 aliphatic carbocycles. The quantitative estimate of drug-likeness (QED) is 0.386. The molecule has 0 atom stereocenters. The Bertz CT molecular complexity index is 346. The van der Waals surface area contributed by atoms with Gasteiger partial charge in [0.1, 0.15) is 11.0 Å². The zero-order valence-corrected chi connectivity index (χ0v) is 8.34. The van der Waals surface area contributed by atoms with E-state index in [1.807, 2.05) is 0 Å². The van der Waals surface area contributed by atoms with Gasteiger partial charge in [0.25, 0.3) is 0 Å². The molecule has 0 saturated carbocycles. The third kappa shape index (κ3) is 3.76. The number of methoxy groups -OCH3 is 1. The molecule has 0 aliphatic heterocycles. The number of ether oxygens (including phenoxy) is 1. The molecule has 4 nitrogen and oxygen atoms in total. The van der Waals surface area contributed by atoms with Crippen LogP contribution in [0.4, 0.5) is 0 Å². The Morgan fingerprint density at radius 3 is 2.62 bits per heavy atom. The third-order valence-electron chi connectivity index (χ3n) is 1.29. The van der Waals surface area contributed by atoms with Crippen molar-refractivity contribution in [2.45, 2.75) is 6.92 Å². The monoisotopic (exact) mass is 201 g/mol. The largest absolute Gasteiger partial charge is 0.504 e. The SMILES string of the molecule is CCS(=O)(=O)/C(C#N)=C\C=C\OC. The highest BCUT2D eigenvalue weighted by atomic mass is 32.2. The van der Waals surface area contributed by atoms with Crippen molar-refractivity contribution in [1.29, 1.82) is 5.26 Å². The summed E-state index contributed by atoms with van der Waals surface area (Å²) in [5, 5.41) is 8.52. The first-order valence-corrected chi connectivity index (χ1v) is 5.26. The van der Waals surface area contributed by atoms with Gasteiger partial charge in [0.05, 0.1) is 19.1 Å². The van der Waals surface area contributed by atoms with Crippen LogP contribution in [0.2, 0.25) is 0 Å². The van der Waals surface area contributed by atoms with Crippen LogP contribution in [0.5, 0.6) is 0 Å². The van der Waals surface area contributed by atoms with E-state index in [0.29, 0.717) is 0 Å². The fraction of sp³-hybridized carbons (Fsp3) is 0.375.